The van der Waals surface area contributed by atoms with E-state index in [0.29, 0.717) is 5.92 Å². The van der Waals surface area contributed by atoms with Crippen LogP contribution in [0, 0.1) is 0 Å². The Kier molecular flexibility index (Phi) is 3.09. The molecule has 2 nitrogen and oxygen atoms in total. The molecule has 1 atom stereocenters. The van der Waals surface area contributed by atoms with Crippen LogP contribution in [0.3, 0.4) is 0 Å². The first-order valence-electron chi connectivity index (χ1n) is 4.42. The number of aldehydes is 1. The van der Waals surface area contributed by atoms with Gasteiger partial charge in [-0.1, -0.05) is 20.3 Å². The van der Waals surface area contributed by atoms with Crippen molar-refractivity contribution in [1.29, 1.82) is 0 Å². The molecule has 1 aromatic heterocycles. The van der Waals surface area contributed by atoms with Gasteiger partial charge in [-0.05, 0) is 24.0 Å². The summed E-state index contributed by atoms with van der Waals surface area (Å²) in [6.45, 7) is 4.31. The SMILES string of the molecule is CCCC(C)c1cc[nH]c1C=O. The first-order valence-corrected chi connectivity index (χ1v) is 4.42. The normalized spacial score (nSPS) is 12.8. The van der Waals surface area contributed by atoms with Crippen LogP contribution < -0.4 is 0 Å². The average Bonchev–Trinajstić information content (AvgIpc) is 2.51. The Labute approximate surface area is 73.0 Å². The number of carbonyl (C=O) groups is 1. The molecule has 0 spiro atoms. The molecule has 1 aromatic rings. The fourth-order valence-corrected chi connectivity index (χ4v) is 1.51. The summed E-state index contributed by atoms with van der Waals surface area (Å²) < 4.78 is 0. The molecular weight excluding hydrogens is 150 g/mol. The lowest BCUT2D eigenvalue weighted by Gasteiger charge is -2.07. The maximum absolute atomic E-state index is 10.6. The van der Waals surface area contributed by atoms with Crippen molar-refractivity contribution in [3.05, 3.63) is 23.5 Å². The van der Waals surface area contributed by atoms with Gasteiger partial charge in [0.25, 0.3) is 0 Å². The molecule has 0 aliphatic heterocycles. The third kappa shape index (κ3) is 1.76. The zero-order valence-corrected chi connectivity index (χ0v) is 7.63. The summed E-state index contributed by atoms with van der Waals surface area (Å²) in [6, 6.07) is 1.99. The van der Waals surface area contributed by atoms with Gasteiger partial charge in [-0.15, -0.1) is 0 Å². The minimum absolute atomic E-state index is 0.487. The van der Waals surface area contributed by atoms with Crippen molar-refractivity contribution in [1.82, 2.24) is 4.98 Å². The molecule has 66 valence electrons. The van der Waals surface area contributed by atoms with Gasteiger partial charge in [0.15, 0.2) is 6.29 Å². The van der Waals surface area contributed by atoms with Gasteiger partial charge in [0.05, 0.1) is 5.69 Å². The van der Waals surface area contributed by atoms with E-state index in [9.17, 15) is 4.79 Å². The van der Waals surface area contributed by atoms with Crippen LogP contribution in [-0.2, 0) is 0 Å². The molecule has 0 aliphatic rings. The highest BCUT2D eigenvalue weighted by Gasteiger charge is 2.09. The minimum atomic E-state index is 0.487. The van der Waals surface area contributed by atoms with Crippen molar-refractivity contribution in [3.63, 3.8) is 0 Å². The van der Waals surface area contributed by atoms with Gasteiger partial charge in [0, 0.05) is 6.20 Å². The van der Waals surface area contributed by atoms with E-state index < -0.39 is 0 Å². The second-order valence-corrected chi connectivity index (χ2v) is 3.15. The monoisotopic (exact) mass is 165 g/mol. The Morgan fingerprint density at radius 2 is 2.42 bits per heavy atom. The summed E-state index contributed by atoms with van der Waals surface area (Å²) in [5.41, 5.74) is 1.88. The van der Waals surface area contributed by atoms with Gasteiger partial charge >= 0.3 is 0 Å². The van der Waals surface area contributed by atoms with E-state index >= 15 is 0 Å². The Bertz CT molecular complexity index is 252. The average molecular weight is 165 g/mol. The largest absolute Gasteiger partial charge is 0.359 e. The van der Waals surface area contributed by atoms with Crippen molar-refractivity contribution >= 4 is 6.29 Å². The van der Waals surface area contributed by atoms with Crippen LogP contribution in [0.15, 0.2) is 12.3 Å². The van der Waals surface area contributed by atoms with Gasteiger partial charge < -0.3 is 4.98 Å². The van der Waals surface area contributed by atoms with Crippen LogP contribution in [-0.4, -0.2) is 11.3 Å². The van der Waals surface area contributed by atoms with Gasteiger partial charge in [0.1, 0.15) is 0 Å². The molecule has 12 heavy (non-hydrogen) atoms. The van der Waals surface area contributed by atoms with Crippen LogP contribution in [0.5, 0.6) is 0 Å². The summed E-state index contributed by atoms with van der Waals surface area (Å²) >= 11 is 0. The molecule has 1 heterocycles. The van der Waals surface area contributed by atoms with Crippen LogP contribution in [0.1, 0.15) is 48.7 Å². The molecule has 0 aromatic carbocycles. The maximum Gasteiger partial charge on any atom is 0.166 e. The fraction of sp³-hybridized carbons (Fsp3) is 0.500. The van der Waals surface area contributed by atoms with E-state index in [1.807, 2.05) is 12.3 Å². The number of hydrogen-bond donors (Lipinski definition) is 1. The third-order valence-electron chi connectivity index (χ3n) is 2.18. The zero-order chi connectivity index (χ0) is 8.97. The van der Waals surface area contributed by atoms with E-state index in [0.717, 1.165) is 30.4 Å². The van der Waals surface area contributed by atoms with Gasteiger partial charge in [-0.2, -0.15) is 0 Å². The molecule has 2 heteroatoms. The highest BCUT2D eigenvalue weighted by atomic mass is 16.1. The first-order chi connectivity index (χ1) is 5.79. The standard InChI is InChI=1S/C10H15NO/c1-3-4-8(2)9-5-6-11-10(9)7-12/h5-8,11H,3-4H2,1-2H3. The topological polar surface area (TPSA) is 32.9 Å². The molecule has 1 unspecified atom stereocenters. The summed E-state index contributed by atoms with van der Waals surface area (Å²) in [5.74, 6) is 0.487. The van der Waals surface area contributed by atoms with E-state index in [1.165, 1.54) is 0 Å². The predicted octanol–water partition coefficient (Wildman–Crippen LogP) is 2.73. The maximum atomic E-state index is 10.6. The van der Waals surface area contributed by atoms with Crippen molar-refractivity contribution in [2.24, 2.45) is 0 Å². The molecule has 0 saturated carbocycles. The lowest BCUT2D eigenvalue weighted by molar-refractivity contribution is 0.111. The van der Waals surface area contributed by atoms with Crippen molar-refractivity contribution in [2.75, 3.05) is 0 Å². The highest BCUT2D eigenvalue weighted by molar-refractivity contribution is 5.74. The number of carbonyl (C=O) groups excluding carboxylic acids is 1. The van der Waals surface area contributed by atoms with Crippen molar-refractivity contribution < 1.29 is 4.79 Å². The van der Waals surface area contributed by atoms with Crippen LogP contribution in [0.25, 0.3) is 0 Å². The number of aromatic nitrogens is 1. The van der Waals surface area contributed by atoms with Crippen LogP contribution in [0.4, 0.5) is 0 Å². The van der Waals surface area contributed by atoms with Gasteiger partial charge in [0.2, 0.25) is 0 Å². The van der Waals surface area contributed by atoms with E-state index in [4.69, 9.17) is 0 Å². The molecule has 0 amide bonds. The summed E-state index contributed by atoms with van der Waals surface area (Å²) in [6.07, 6.45) is 5.01. The Morgan fingerprint density at radius 3 is 3.00 bits per heavy atom. The second-order valence-electron chi connectivity index (χ2n) is 3.15. The number of rotatable bonds is 4. The fourth-order valence-electron chi connectivity index (χ4n) is 1.51. The Balaban J connectivity index is 2.78. The summed E-state index contributed by atoms with van der Waals surface area (Å²) in [7, 11) is 0. The van der Waals surface area contributed by atoms with Crippen LogP contribution in [0.2, 0.25) is 0 Å². The molecule has 1 rings (SSSR count). The molecular formula is C10H15NO. The molecule has 0 bridgehead atoms. The molecule has 0 fully saturated rings. The minimum Gasteiger partial charge on any atom is -0.359 e. The molecule has 0 saturated heterocycles. The van der Waals surface area contributed by atoms with Gasteiger partial charge in [-0.25, -0.2) is 0 Å². The lowest BCUT2D eigenvalue weighted by atomic mass is 9.97. The van der Waals surface area contributed by atoms with E-state index in [2.05, 4.69) is 18.8 Å². The number of H-pyrrole nitrogens is 1. The summed E-state index contributed by atoms with van der Waals surface area (Å²) in [4.78, 5) is 13.5. The molecule has 0 radical (unpaired) electrons. The molecule has 1 N–H and O–H groups in total. The highest BCUT2D eigenvalue weighted by Crippen LogP contribution is 2.22. The van der Waals surface area contributed by atoms with E-state index in [1.54, 1.807) is 0 Å². The predicted molar refractivity (Wildman–Crippen MR) is 49.5 cm³/mol. The second kappa shape index (κ2) is 4.10. The van der Waals surface area contributed by atoms with E-state index in [-0.39, 0.29) is 0 Å². The first kappa shape index (κ1) is 9.04. The Morgan fingerprint density at radius 1 is 1.67 bits per heavy atom. The quantitative estimate of drug-likeness (QED) is 0.683. The van der Waals surface area contributed by atoms with Crippen molar-refractivity contribution in [3.8, 4) is 0 Å². The summed E-state index contributed by atoms with van der Waals surface area (Å²) in [5, 5.41) is 0. The van der Waals surface area contributed by atoms with Crippen molar-refractivity contribution in [2.45, 2.75) is 32.6 Å². The number of aromatic amines is 1. The van der Waals surface area contributed by atoms with Gasteiger partial charge in [-0.3, -0.25) is 4.79 Å². The smallest absolute Gasteiger partial charge is 0.166 e. The zero-order valence-electron chi connectivity index (χ0n) is 7.63. The number of hydrogen-bond acceptors (Lipinski definition) is 1. The Hall–Kier alpha value is -1.05. The van der Waals surface area contributed by atoms with Crippen LogP contribution >= 0.6 is 0 Å². The lowest BCUT2D eigenvalue weighted by Crippen LogP contribution is -1.95. The third-order valence-corrected chi connectivity index (χ3v) is 2.18. The number of nitrogens with one attached hydrogen (secondary N) is 1. The molecule has 0 aliphatic carbocycles.